The first kappa shape index (κ1) is 10.6. The highest BCUT2D eigenvalue weighted by Crippen LogP contribution is 2.07. The predicted molar refractivity (Wildman–Crippen MR) is 62.4 cm³/mol. The SMILES string of the molecule is [O-]C(NCCCn1cccc1)=C1C=CC=C1. The summed E-state index contributed by atoms with van der Waals surface area (Å²) in [5, 5.41) is 14.4. The van der Waals surface area contributed by atoms with Crippen LogP contribution < -0.4 is 10.4 Å². The fourth-order valence-electron chi connectivity index (χ4n) is 1.61. The minimum Gasteiger partial charge on any atom is -0.860 e. The first-order chi connectivity index (χ1) is 7.86. The molecule has 1 N–H and O–H groups in total. The molecule has 3 heteroatoms. The van der Waals surface area contributed by atoms with Gasteiger partial charge in [0.05, 0.1) is 0 Å². The fourth-order valence-corrected chi connectivity index (χ4v) is 1.61. The maximum absolute atomic E-state index is 11.5. The zero-order valence-corrected chi connectivity index (χ0v) is 9.10. The van der Waals surface area contributed by atoms with Crippen molar-refractivity contribution in [1.29, 1.82) is 0 Å². The van der Waals surface area contributed by atoms with Gasteiger partial charge >= 0.3 is 0 Å². The topological polar surface area (TPSA) is 40.0 Å². The Morgan fingerprint density at radius 1 is 1.19 bits per heavy atom. The number of nitrogens with zero attached hydrogens (tertiary/aromatic N) is 1. The van der Waals surface area contributed by atoms with E-state index in [1.807, 2.05) is 48.8 Å². The van der Waals surface area contributed by atoms with Gasteiger partial charge in [0.1, 0.15) is 0 Å². The average Bonchev–Trinajstić information content (AvgIpc) is 2.96. The highest BCUT2D eigenvalue weighted by atomic mass is 16.3. The van der Waals surface area contributed by atoms with E-state index in [0.29, 0.717) is 6.54 Å². The predicted octanol–water partition coefficient (Wildman–Crippen LogP) is 1.17. The zero-order chi connectivity index (χ0) is 11.2. The van der Waals surface area contributed by atoms with Crippen LogP contribution in [0, 0.1) is 0 Å². The van der Waals surface area contributed by atoms with Gasteiger partial charge in [0.2, 0.25) is 0 Å². The molecule has 1 heterocycles. The number of rotatable bonds is 5. The highest BCUT2D eigenvalue weighted by molar-refractivity contribution is 5.40. The summed E-state index contributed by atoms with van der Waals surface area (Å²) in [6.07, 6.45) is 12.4. The summed E-state index contributed by atoms with van der Waals surface area (Å²) in [5.41, 5.74) is 0.737. The lowest BCUT2D eigenvalue weighted by Crippen LogP contribution is -2.26. The molecule has 0 aliphatic heterocycles. The van der Waals surface area contributed by atoms with Gasteiger partial charge in [0.25, 0.3) is 0 Å². The smallest absolute Gasteiger partial charge is 0.0236 e. The lowest BCUT2D eigenvalue weighted by Gasteiger charge is -2.17. The van der Waals surface area contributed by atoms with Crippen molar-refractivity contribution in [1.82, 2.24) is 9.88 Å². The molecule has 0 radical (unpaired) electrons. The van der Waals surface area contributed by atoms with E-state index in [-0.39, 0.29) is 5.88 Å². The van der Waals surface area contributed by atoms with Crippen LogP contribution in [0.2, 0.25) is 0 Å². The summed E-state index contributed by atoms with van der Waals surface area (Å²) in [6, 6.07) is 4.01. The summed E-state index contributed by atoms with van der Waals surface area (Å²) in [6.45, 7) is 1.65. The van der Waals surface area contributed by atoms with E-state index < -0.39 is 0 Å². The molecule has 0 bridgehead atoms. The van der Waals surface area contributed by atoms with Crippen molar-refractivity contribution in [2.45, 2.75) is 13.0 Å². The normalized spacial score (nSPS) is 13.4. The Morgan fingerprint density at radius 3 is 2.56 bits per heavy atom. The average molecular weight is 215 g/mol. The molecule has 0 amide bonds. The second kappa shape index (κ2) is 5.26. The van der Waals surface area contributed by atoms with Gasteiger partial charge in [-0.15, -0.1) is 0 Å². The molecule has 3 nitrogen and oxygen atoms in total. The van der Waals surface area contributed by atoms with Crippen LogP contribution in [-0.4, -0.2) is 11.1 Å². The molecule has 0 unspecified atom stereocenters. The molecule has 1 aliphatic carbocycles. The van der Waals surface area contributed by atoms with Gasteiger partial charge in [0, 0.05) is 25.5 Å². The largest absolute Gasteiger partial charge is 0.860 e. The number of allylic oxidation sites excluding steroid dienone is 5. The Kier molecular flexibility index (Phi) is 3.49. The van der Waals surface area contributed by atoms with Crippen LogP contribution in [0.3, 0.4) is 0 Å². The van der Waals surface area contributed by atoms with Gasteiger partial charge in [-0.25, -0.2) is 0 Å². The minimum atomic E-state index is 0.0116. The molecular formula is C13H15N2O-. The first-order valence-electron chi connectivity index (χ1n) is 5.47. The number of aromatic nitrogens is 1. The van der Waals surface area contributed by atoms with E-state index in [1.54, 1.807) is 0 Å². The van der Waals surface area contributed by atoms with Crippen molar-refractivity contribution in [2.24, 2.45) is 0 Å². The summed E-state index contributed by atoms with van der Waals surface area (Å²) >= 11 is 0. The Labute approximate surface area is 95.4 Å². The van der Waals surface area contributed by atoms with Crippen molar-refractivity contribution in [3.8, 4) is 0 Å². The van der Waals surface area contributed by atoms with E-state index in [0.717, 1.165) is 18.5 Å². The van der Waals surface area contributed by atoms with Gasteiger partial charge in [-0.05, 0) is 30.0 Å². The third-order valence-electron chi connectivity index (χ3n) is 2.47. The van der Waals surface area contributed by atoms with Crippen LogP contribution in [0.15, 0.2) is 60.3 Å². The highest BCUT2D eigenvalue weighted by Gasteiger charge is 1.94. The van der Waals surface area contributed by atoms with E-state index in [2.05, 4.69) is 9.88 Å². The molecule has 0 saturated heterocycles. The second-order valence-corrected chi connectivity index (χ2v) is 3.70. The molecule has 2 rings (SSSR count). The van der Waals surface area contributed by atoms with Gasteiger partial charge in [-0.2, -0.15) is 0 Å². The van der Waals surface area contributed by atoms with Crippen LogP contribution in [0.25, 0.3) is 0 Å². The standard InChI is InChI=1S/C13H16N2O/c16-13(12-6-1-2-7-12)14-8-5-11-15-9-3-4-10-15/h1-4,6-7,9-10,14,16H,5,8,11H2/p-1. The van der Waals surface area contributed by atoms with E-state index >= 15 is 0 Å². The molecule has 0 aromatic carbocycles. The summed E-state index contributed by atoms with van der Waals surface area (Å²) in [5.74, 6) is 0.0116. The van der Waals surface area contributed by atoms with Gasteiger partial charge in [-0.1, -0.05) is 24.3 Å². The van der Waals surface area contributed by atoms with Crippen molar-refractivity contribution in [3.63, 3.8) is 0 Å². The Morgan fingerprint density at radius 2 is 1.88 bits per heavy atom. The van der Waals surface area contributed by atoms with Crippen LogP contribution >= 0.6 is 0 Å². The van der Waals surface area contributed by atoms with Crippen molar-refractivity contribution < 1.29 is 5.11 Å². The molecule has 0 spiro atoms. The van der Waals surface area contributed by atoms with E-state index in [9.17, 15) is 5.11 Å². The van der Waals surface area contributed by atoms with Crippen molar-refractivity contribution in [3.05, 3.63) is 60.3 Å². The number of aryl methyl sites for hydroxylation is 1. The number of hydrogen-bond acceptors (Lipinski definition) is 2. The molecule has 84 valence electrons. The lowest BCUT2D eigenvalue weighted by molar-refractivity contribution is -0.312. The minimum absolute atomic E-state index is 0.0116. The Balaban J connectivity index is 1.70. The third kappa shape index (κ3) is 2.79. The van der Waals surface area contributed by atoms with Crippen LogP contribution in [0.5, 0.6) is 0 Å². The second-order valence-electron chi connectivity index (χ2n) is 3.70. The molecular weight excluding hydrogens is 200 g/mol. The van der Waals surface area contributed by atoms with Crippen molar-refractivity contribution in [2.75, 3.05) is 6.54 Å². The van der Waals surface area contributed by atoms with Crippen molar-refractivity contribution >= 4 is 0 Å². The third-order valence-corrected chi connectivity index (χ3v) is 2.47. The molecule has 16 heavy (non-hydrogen) atoms. The molecule has 0 saturated carbocycles. The fraction of sp³-hybridized carbons (Fsp3) is 0.231. The quantitative estimate of drug-likeness (QED) is 0.591. The molecule has 1 aromatic heterocycles. The maximum atomic E-state index is 11.5. The van der Waals surface area contributed by atoms with Crippen LogP contribution in [0.1, 0.15) is 6.42 Å². The lowest BCUT2D eigenvalue weighted by atomic mass is 10.3. The van der Waals surface area contributed by atoms with E-state index in [1.165, 1.54) is 0 Å². The monoisotopic (exact) mass is 215 g/mol. The first-order valence-corrected chi connectivity index (χ1v) is 5.47. The van der Waals surface area contributed by atoms with Gasteiger partial charge in [-0.3, -0.25) is 0 Å². The zero-order valence-electron chi connectivity index (χ0n) is 9.10. The van der Waals surface area contributed by atoms with Gasteiger partial charge in [0.15, 0.2) is 0 Å². The van der Waals surface area contributed by atoms with Crippen LogP contribution in [0.4, 0.5) is 0 Å². The summed E-state index contributed by atoms with van der Waals surface area (Å²) in [7, 11) is 0. The molecule has 1 aromatic rings. The Hall–Kier alpha value is -1.90. The molecule has 0 atom stereocenters. The maximum Gasteiger partial charge on any atom is 0.0236 e. The number of hydrogen-bond donors (Lipinski definition) is 1. The summed E-state index contributed by atoms with van der Waals surface area (Å²) < 4.78 is 2.11. The van der Waals surface area contributed by atoms with Gasteiger partial charge < -0.3 is 15.0 Å². The molecule has 0 fully saturated rings. The summed E-state index contributed by atoms with van der Waals surface area (Å²) in [4.78, 5) is 0. The van der Waals surface area contributed by atoms with Crippen LogP contribution in [-0.2, 0) is 6.54 Å². The number of nitrogens with one attached hydrogen (secondary N) is 1. The van der Waals surface area contributed by atoms with E-state index in [4.69, 9.17) is 0 Å². The molecule has 1 aliphatic rings. The Bertz CT molecular complexity index is 399.